The molecule has 0 saturated carbocycles. The topological polar surface area (TPSA) is 113 Å². The van der Waals surface area contributed by atoms with E-state index in [-0.39, 0.29) is 54.0 Å². The number of anilines is 1. The molecule has 1 aliphatic heterocycles. The quantitative estimate of drug-likeness (QED) is 0.650. The largest absolute Gasteiger partial charge is 0.492 e. The summed E-state index contributed by atoms with van der Waals surface area (Å²) in [4.78, 5) is 36.3. The SMILES string of the molecule is CCOc1ccc(NC(=O)CCN2C(=O)CCC2=O)cc1S(=O)(=O)N(C)C. The highest BCUT2D eigenvalue weighted by Gasteiger charge is 2.29. The molecule has 3 amide bonds. The van der Waals surface area contributed by atoms with Crippen LogP contribution in [-0.4, -0.2) is 62.6 Å². The normalized spacial score (nSPS) is 14.7. The van der Waals surface area contributed by atoms with Crippen molar-refractivity contribution in [2.45, 2.75) is 31.1 Å². The van der Waals surface area contributed by atoms with Gasteiger partial charge in [-0.1, -0.05) is 0 Å². The van der Waals surface area contributed by atoms with Gasteiger partial charge in [0.25, 0.3) is 0 Å². The molecule has 1 aliphatic rings. The Morgan fingerprint density at radius 1 is 1.22 bits per heavy atom. The van der Waals surface area contributed by atoms with Crippen LogP contribution in [-0.2, 0) is 24.4 Å². The van der Waals surface area contributed by atoms with E-state index < -0.39 is 15.9 Å². The van der Waals surface area contributed by atoms with Gasteiger partial charge in [0.2, 0.25) is 27.7 Å². The fourth-order valence-corrected chi connectivity index (χ4v) is 3.62. The number of nitrogens with zero attached hydrogens (tertiary/aromatic N) is 2. The molecule has 9 nitrogen and oxygen atoms in total. The lowest BCUT2D eigenvalue weighted by Crippen LogP contribution is -2.32. The Morgan fingerprint density at radius 2 is 1.85 bits per heavy atom. The van der Waals surface area contributed by atoms with Gasteiger partial charge in [0.1, 0.15) is 10.6 Å². The van der Waals surface area contributed by atoms with Crippen molar-refractivity contribution in [3.63, 3.8) is 0 Å². The zero-order valence-corrected chi connectivity index (χ0v) is 16.3. The third kappa shape index (κ3) is 4.83. The second-order valence-corrected chi connectivity index (χ2v) is 8.24. The summed E-state index contributed by atoms with van der Waals surface area (Å²) >= 11 is 0. The van der Waals surface area contributed by atoms with Crippen LogP contribution in [0.1, 0.15) is 26.2 Å². The maximum Gasteiger partial charge on any atom is 0.246 e. The van der Waals surface area contributed by atoms with Crippen molar-refractivity contribution in [3.8, 4) is 5.75 Å². The Hall–Kier alpha value is -2.46. The van der Waals surface area contributed by atoms with Gasteiger partial charge in [-0.3, -0.25) is 19.3 Å². The highest BCUT2D eigenvalue weighted by molar-refractivity contribution is 7.89. The molecule has 0 bridgehead atoms. The van der Waals surface area contributed by atoms with Crippen molar-refractivity contribution < 1.29 is 27.5 Å². The number of hydrogen-bond acceptors (Lipinski definition) is 6. The average Bonchev–Trinajstić information content (AvgIpc) is 2.92. The van der Waals surface area contributed by atoms with Crippen LogP contribution in [0.25, 0.3) is 0 Å². The maximum absolute atomic E-state index is 12.5. The van der Waals surface area contributed by atoms with Gasteiger partial charge in [0.15, 0.2) is 0 Å². The molecule has 148 valence electrons. The summed E-state index contributed by atoms with van der Waals surface area (Å²) in [7, 11) is -0.962. The number of imide groups is 1. The van der Waals surface area contributed by atoms with Crippen LogP contribution in [0.2, 0.25) is 0 Å². The molecule has 0 aromatic heterocycles. The number of nitrogens with one attached hydrogen (secondary N) is 1. The van der Waals surface area contributed by atoms with Crippen LogP contribution in [0.15, 0.2) is 23.1 Å². The molecule has 1 heterocycles. The predicted octanol–water partition coefficient (Wildman–Crippen LogP) is 0.813. The number of hydrogen-bond donors (Lipinski definition) is 1. The van der Waals surface area contributed by atoms with E-state index in [0.29, 0.717) is 6.61 Å². The lowest BCUT2D eigenvalue weighted by atomic mass is 10.2. The van der Waals surface area contributed by atoms with Gasteiger partial charge in [-0.2, -0.15) is 0 Å². The number of sulfonamides is 1. The number of rotatable bonds is 8. The Labute approximate surface area is 158 Å². The molecule has 10 heteroatoms. The predicted molar refractivity (Wildman–Crippen MR) is 97.7 cm³/mol. The van der Waals surface area contributed by atoms with Crippen molar-refractivity contribution >= 4 is 33.4 Å². The van der Waals surface area contributed by atoms with Gasteiger partial charge in [-0.25, -0.2) is 12.7 Å². The first-order valence-corrected chi connectivity index (χ1v) is 9.93. The van der Waals surface area contributed by atoms with E-state index in [1.165, 1.54) is 32.3 Å². The second kappa shape index (κ2) is 8.49. The smallest absolute Gasteiger partial charge is 0.246 e. The average molecular weight is 397 g/mol. The number of benzene rings is 1. The maximum atomic E-state index is 12.5. The fourth-order valence-electron chi connectivity index (χ4n) is 2.57. The number of amides is 3. The summed E-state index contributed by atoms with van der Waals surface area (Å²) in [6, 6.07) is 4.33. The molecule has 0 unspecified atom stereocenters. The standard InChI is InChI=1S/C17H23N3O6S/c1-4-26-13-6-5-12(11-14(13)27(24,25)19(2)3)18-15(21)9-10-20-16(22)7-8-17(20)23/h5-6,11H,4,7-10H2,1-3H3,(H,18,21). The van der Waals surface area contributed by atoms with E-state index in [1.807, 2.05) is 0 Å². The summed E-state index contributed by atoms with van der Waals surface area (Å²) in [6.07, 6.45) is 0.274. The van der Waals surface area contributed by atoms with Crippen molar-refractivity contribution in [2.75, 3.05) is 32.6 Å². The van der Waals surface area contributed by atoms with Crippen molar-refractivity contribution in [1.82, 2.24) is 9.21 Å². The lowest BCUT2D eigenvalue weighted by molar-refractivity contribution is -0.138. The molecule has 0 aliphatic carbocycles. The molecule has 1 N–H and O–H groups in total. The van der Waals surface area contributed by atoms with Gasteiger partial charge in [-0.15, -0.1) is 0 Å². The molecule has 1 saturated heterocycles. The lowest BCUT2D eigenvalue weighted by Gasteiger charge is -2.17. The molecule has 1 fully saturated rings. The second-order valence-electron chi connectivity index (χ2n) is 6.12. The summed E-state index contributed by atoms with van der Waals surface area (Å²) in [5, 5.41) is 2.59. The van der Waals surface area contributed by atoms with E-state index in [1.54, 1.807) is 6.92 Å². The van der Waals surface area contributed by atoms with Crippen LogP contribution in [0.4, 0.5) is 5.69 Å². The summed E-state index contributed by atoms with van der Waals surface area (Å²) < 4.78 is 31.4. The van der Waals surface area contributed by atoms with Crippen molar-refractivity contribution in [3.05, 3.63) is 18.2 Å². The Kier molecular flexibility index (Phi) is 6.55. The number of likely N-dealkylation sites (tertiary alicyclic amines) is 1. The third-order valence-corrected chi connectivity index (χ3v) is 5.84. The van der Waals surface area contributed by atoms with E-state index in [4.69, 9.17) is 4.74 Å². The first-order valence-electron chi connectivity index (χ1n) is 8.49. The molecular formula is C17H23N3O6S. The highest BCUT2D eigenvalue weighted by atomic mass is 32.2. The van der Waals surface area contributed by atoms with Crippen molar-refractivity contribution in [1.29, 1.82) is 0 Å². The molecular weight excluding hydrogens is 374 g/mol. The molecule has 1 aromatic carbocycles. The zero-order chi connectivity index (χ0) is 20.2. The minimum atomic E-state index is -3.77. The number of ether oxygens (including phenoxy) is 1. The molecule has 0 radical (unpaired) electrons. The Bertz CT molecular complexity index is 834. The van der Waals surface area contributed by atoms with Crippen LogP contribution in [0.5, 0.6) is 5.75 Å². The minimum Gasteiger partial charge on any atom is -0.492 e. The molecule has 1 aromatic rings. The molecule has 2 rings (SSSR count). The summed E-state index contributed by atoms with van der Waals surface area (Å²) in [5.41, 5.74) is 0.281. The number of carbonyl (C=O) groups is 3. The van der Waals surface area contributed by atoms with Gasteiger partial charge < -0.3 is 10.1 Å². The summed E-state index contributed by atoms with van der Waals surface area (Å²) in [5.74, 6) is -0.807. The summed E-state index contributed by atoms with van der Waals surface area (Å²) in [6.45, 7) is 2.03. The molecule has 0 atom stereocenters. The minimum absolute atomic E-state index is 0.00336. The van der Waals surface area contributed by atoms with Crippen LogP contribution in [0.3, 0.4) is 0 Å². The molecule has 27 heavy (non-hydrogen) atoms. The number of carbonyl (C=O) groups excluding carboxylic acids is 3. The van der Waals surface area contributed by atoms with Crippen molar-refractivity contribution in [2.24, 2.45) is 0 Å². The van der Waals surface area contributed by atoms with Gasteiger partial charge in [0.05, 0.1) is 6.61 Å². The monoisotopic (exact) mass is 397 g/mol. The van der Waals surface area contributed by atoms with Crippen LogP contribution >= 0.6 is 0 Å². The van der Waals surface area contributed by atoms with Gasteiger partial charge >= 0.3 is 0 Å². The first kappa shape index (κ1) is 20.8. The Morgan fingerprint density at radius 3 is 2.41 bits per heavy atom. The van der Waals surface area contributed by atoms with E-state index in [9.17, 15) is 22.8 Å². The van der Waals surface area contributed by atoms with Crippen LogP contribution in [0, 0.1) is 0 Å². The first-order chi connectivity index (χ1) is 12.7. The third-order valence-electron chi connectivity index (χ3n) is 4.00. The van der Waals surface area contributed by atoms with E-state index >= 15 is 0 Å². The zero-order valence-electron chi connectivity index (χ0n) is 15.5. The Balaban J connectivity index is 2.13. The van der Waals surface area contributed by atoms with Gasteiger partial charge in [-0.05, 0) is 25.1 Å². The molecule has 0 spiro atoms. The van der Waals surface area contributed by atoms with Crippen LogP contribution < -0.4 is 10.1 Å². The fraction of sp³-hybridized carbons (Fsp3) is 0.471. The van der Waals surface area contributed by atoms with E-state index in [0.717, 1.165) is 9.21 Å². The van der Waals surface area contributed by atoms with E-state index in [2.05, 4.69) is 5.32 Å². The highest BCUT2D eigenvalue weighted by Crippen LogP contribution is 2.29. The van der Waals surface area contributed by atoms with Gasteiger partial charge in [0, 0.05) is 45.6 Å².